The van der Waals surface area contributed by atoms with Crippen LogP contribution in [0.5, 0.6) is 0 Å². The molecule has 0 atom stereocenters. The molecule has 0 unspecified atom stereocenters. The van der Waals surface area contributed by atoms with Crippen molar-refractivity contribution < 1.29 is 13.9 Å². The van der Waals surface area contributed by atoms with Crippen molar-refractivity contribution in [3.63, 3.8) is 0 Å². The molecule has 0 amide bonds. The summed E-state index contributed by atoms with van der Waals surface area (Å²) in [4.78, 5) is 29.2. The largest absolute Gasteiger partial charge is 0.461 e. The molecule has 0 radical (unpaired) electrons. The highest BCUT2D eigenvalue weighted by Crippen LogP contribution is 2.24. The van der Waals surface area contributed by atoms with Crippen LogP contribution < -0.4 is 5.56 Å². The predicted octanol–water partition coefficient (Wildman–Crippen LogP) is 2.42. The van der Waals surface area contributed by atoms with Gasteiger partial charge in [0.1, 0.15) is 11.6 Å². The minimum absolute atomic E-state index is 0.0536. The SMILES string of the molecule is CCc1nn2c(=O)cc(COC(=O)CSc3nnc(-c4ccco4)n3CC)nc2s1. The number of aryl methyl sites for hydroxylation is 1. The number of esters is 1. The van der Waals surface area contributed by atoms with Crippen LogP contribution in [0.25, 0.3) is 16.5 Å². The van der Waals surface area contributed by atoms with E-state index in [1.54, 1.807) is 18.4 Å². The molecule has 0 fully saturated rings. The molecule has 0 aliphatic carbocycles. The fraction of sp³-hybridized carbons (Fsp3) is 0.333. The van der Waals surface area contributed by atoms with Crippen LogP contribution in [0, 0.1) is 0 Å². The molecule has 12 heteroatoms. The third-order valence-corrected chi connectivity index (χ3v) is 6.11. The average molecular weight is 447 g/mol. The molecule has 0 aliphatic rings. The molecule has 4 heterocycles. The van der Waals surface area contributed by atoms with Crippen LogP contribution in [-0.4, -0.2) is 41.1 Å². The number of fused-ring (bicyclic) bond motifs is 1. The molecule has 4 aromatic rings. The van der Waals surface area contributed by atoms with E-state index >= 15 is 0 Å². The summed E-state index contributed by atoms with van der Waals surface area (Å²) in [5, 5.41) is 13.9. The van der Waals surface area contributed by atoms with E-state index in [9.17, 15) is 9.59 Å². The van der Waals surface area contributed by atoms with E-state index in [4.69, 9.17) is 9.15 Å². The van der Waals surface area contributed by atoms with Crippen molar-refractivity contribution in [1.82, 2.24) is 29.4 Å². The second kappa shape index (κ2) is 8.79. The third kappa shape index (κ3) is 4.14. The smallest absolute Gasteiger partial charge is 0.316 e. The third-order valence-electron chi connectivity index (χ3n) is 4.12. The topological polar surface area (TPSA) is 117 Å². The highest BCUT2D eigenvalue weighted by molar-refractivity contribution is 7.99. The standard InChI is InChI=1S/C18H18N6O4S2/c1-3-13-22-24-14(25)8-11(19-17(24)30-13)9-28-15(26)10-29-18-21-20-16(23(18)4-2)12-6-5-7-27-12/h5-8H,3-4,9-10H2,1-2H3. The quantitative estimate of drug-likeness (QED) is 0.297. The number of aromatic nitrogens is 6. The second-order valence-corrected chi connectivity index (χ2v) is 8.09. The Morgan fingerprint density at radius 1 is 1.33 bits per heavy atom. The Bertz CT molecular complexity index is 1230. The predicted molar refractivity (Wildman–Crippen MR) is 110 cm³/mol. The number of rotatable bonds is 8. The molecule has 30 heavy (non-hydrogen) atoms. The molecule has 0 N–H and O–H groups in total. The molecular formula is C18H18N6O4S2. The number of carbonyl (C=O) groups excluding carboxylic acids is 1. The second-order valence-electron chi connectivity index (χ2n) is 6.11. The number of hydrogen-bond donors (Lipinski definition) is 0. The van der Waals surface area contributed by atoms with Crippen molar-refractivity contribution in [3.05, 3.63) is 45.5 Å². The van der Waals surface area contributed by atoms with E-state index in [2.05, 4.69) is 20.3 Å². The zero-order valence-electron chi connectivity index (χ0n) is 16.3. The van der Waals surface area contributed by atoms with E-state index in [-0.39, 0.29) is 17.9 Å². The minimum atomic E-state index is -0.439. The summed E-state index contributed by atoms with van der Waals surface area (Å²) in [6.07, 6.45) is 2.29. The number of thioether (sulfide) groups is 1. The zero-order valence-corrected chi connectivity index (χ0v) is 17.9. The molecule has 0 spiro atoms. The van der Waals surface area contributed by atoms with Crippen molar-refractivity contribution in [2.45, 2.75) is 38.6 Å². The number of nitrogens with zero attached hydrogens (tertiary/aromatic N) is 6. The van der Waals surface area contributed by atoms with Crippen molar-refractivity contribution >= 4 is 34.0 Å². The van der Waals surface area contributed by atoms with E-state index < -0.39 is 5.97 Å². The summed E-state index contributed by atoms with van der Waals surface area (Å²) >= 11 is 2.57. The number of carbonyl (C=O) groups is 1. The van der Waals surface area contributed by atoms with Crippen molar-refractivity contribution in [1.29, 1.82) is 0 Å². The maximum Gasteiger partial charge on any atom is 0.316 e. The first-order chi connectivity index (χ1) is 14.6. The molecule has 0 aromatic carbocycles. The Kier molecular flexibility index (Phi) is 5.95. The van der Waals surface area contributed by atoms with Crippen LogP contribution in [0.2, 0.25) is 0 Å². The van der Waals surface area contributed by atoms with E-state index in [0.717, 1.165) is 11.4 Å². The van der Waals surface area contributed by atoms with Crippen LogP contribution in [-0.2, 0) is 29.1 Å². The Morgan fingerprint density at radius 3 is 2.93 bits per heavy atom. The lowest BCUT2D eigenvalue weighted by atomic mass is 10.4. The molecule has 4 aromatic heterocycles. The Morgan fingerprint density at radius 2 is 2.20 bits per heavy atom. The van der Waals surface area contributed by atoms with Crippen LogP contribution in [0.4, 0.5) is 0 Å². The van der Waals surface area contributed by atoms with Gasteiger partial charge in [-0.1, -0.05) is 30.0 Å². The Balaban J connectivity index is 1.38. The van der Waals surface area contributed by atoms with Gasteiger partial charge in [0.15, 0.2) is 16.7 Å². The van der Waals surface area contributed by atoms with Gasteiger partial charge in [-0.2, -0.15) is 9.61 Å². The lowest BCUT2D eigenvalue weighted by Crippen LogP contribution is -2.17. The van der Waals surface area contributed by atoms with Crippen LogP contribution >= 0.6 is 23.1 Å². The van der Waals surface area contributed by atoms with E-state index in [1.165, 1.54) is 33.7 Å². The van der Waals surface area contributed by atoms with Crippen LogP contribution in [0.3, 0.4) is 0 Å². The Hall–Kier alpha value is -2.99. The molecule has 4 rings (SSSR count). The summed E-state index contributed by atoms with van der Waals surface area (Å²) < 4.78 is 13.8. The van der Waals surface area contributed by atoms with Crippen LogP contribution in [0.15, 0.2) is 38.8 Å². The summed E-state index contributed by atoms with van der Waals surface area (Å²) in [5.41, 5.74) is 0.0966. The normalized spacial score (nSPS) is 11.3. The first-order valence-electron chi connectivity index (χ1n) is 9.23. The molecule has 156 valence electrons. The summed E-state index contributed by atoms with van der Waals surface area (Å²) in [7, 11) is 0. The highest BCUT2D eigenvalue weighted by atomic mass is 32.2. The van der Waals surface area contributed by atoms with Gasteiger partial charge in [-0.3, -0.25) is 14.2 Å². The average Bonchev–Trinajstić information content (AvgIpc) is 3.49. The van der Waals surface area contributed by atoms with Gasteiger partial charge in [-0.05, 0) is 25.5 Å². The maximum atomic E-state index is 12.2. The van der Waals surface area contributed by atoms with Gasteiger partial charge in [0, 0.05) is 12.6 Å². The molecule has 0 saturated carbocycles. The zero-order chi connectivity index (χ0) is 21.1. The van der Waals surface area contributed by atoms with Gasteiger partial charge in [-0.15, -0.1) is 10.2 Å². The lowest BCUT2D eigenvalue weighted by molar-refractivity contribution is -0.141. The number of hydrogen-bond acceptors (Lipinski definition) is 10. The first kappa shape index (κ1) is 20.3. The van der Waals surface area contributed by atoms with Crippen molar-refractivity contribution in [2.24, 2.45) is 0 Å². The van der Waals surface area contributed by atoms with Gasteiger partial charge in [-0.25, -0.2) is 4.98 Å². The van der Waals surface area contributed by atoms with E-state index in [0.29, 0.717) is 33.9 Å². The van der Waals surface area contributed by atoms with Gasteiger partial charge >= 0.3 is 5.97 Å². The van der Waals surface area contributed by atoms with Gasteiger partial charge in [0.2, 0.25) is 4.96 Å². The first-order valence-corrected chi connectivity index (χ1v) is 11.0. The van der Waals surface area contributed by atoms with Crippen molar-refractivity contribution in [2.75, 3.05) is 5.75 Å². The van der Waals surface area contributed by atoms with Gasteiger partial charge < -0.3 is 9.15 Å². The molecule has 0 saturated heterocycles. The number of ether oxygens (including phenoxy) is 1. The maximum absolute atomic E-state index is 12.2. The molecular weight excluding hydrogens is 428 g/mol. The highest BCUT2D eigenvalue weighted by Gasteiger charge is 2.17. The van der Waals surface area contributed by atoms with Crippen LogP contribution in [0.1, 0.15) is 24.5 Å². The van der Waals surface area contributed by atoms with Gasteiger partial charge in [0.25, 0.3) is 5.56 Å². The molecule has 10 nitrogen and oxygen atoms in total. The summed E-state index contributed by atoms with van der Waals surface area (Å²) in [6, 6.07) is 4.91. The lowest BCUT2D eigenvalue weighted by Gasteiger charge is -2.06. The van der Waals surface area contributed by atoms with Gasteiger partial charge in [0.05, 0.1) is 17.7 Å². The monoisotopic (exact) mass is 446 g/mol. The fourth-order valence-electron chi connectivity index (χ4n) is 2.70. The summed E-state index contributed by atoms with van der Waals surface area (Å²) in [6.45, 7) is 4.47. The Labute approximate surface area is 178 Å². The molecule has 0 bridgehead atoms. The van der Waals surface area contributed by atoms with E-state index in [1.807, 2.05) is 18.4 Å². The molecule has 0 aliphatic heterocycles. The number of furan rings is 1. The van der Waals surface area contributed by atoms with Crippen molar-refractivity contribution in [3.8, 4) is 11.6 Å². The summed E-state index contributed by atoms with van der Waals surface area (Å²) in [5.74, 6) is 0.830. The fourth-order valence-corrected chi connectivity index (χ4v) is 4.36. The minimum Gasteiger partial charge on any atom is -0.461 e.